The van der Waals surface area contributed by atoms with Crippen LogP contribution in [0.1, 0.15) is 25.0 Å². The van der Waals surface area contributed by atoms with Crippen molar-refractivity contribution in [1.82, 2.24) is 10.3 Å². The minimum absolute atomic E-state index is 0.0633. The normalized spacial score (nSPS) is 22.0. The van der Waals surface area contributed by atoms with Gasteiger partial charge in [-0.05, 0) is 37.1 Å². The molecule has 0 spiro atoms. The molecule has 3 heterocycles. The monoisotopic (exact) mass is 380 g/mol. The lowest BCUT2D eigenvalue weighted by Crippen LogP contribution is -2.52. The SMILES string of the molecule is O=C(NCc1cccc(N2CCCC2)n1)[C@@]1(O)CCN(c2ccccc2)C1=O. The molecule has 2 fully saturated rings. The standard InChI is InChI=1S/C21H24N4O3/c26-19(21(28)11-14-25(20(21)27)17-8-2-1-3-9-17)22-15-16-7-6-10-18(23-16)24-12-4-5-13-24/h1-3,6-10,28H,4-5,11-15H2,(H,22,26)/t21-/m0/s1. The van der Waals surface area contributed by atoms with E-state index in [2.05, 4.69) is 15.2 Å². The zero-order valence-corrected chi connectivity index (χ0v) is 15.7. The molecule has 28 heavy (non-hydrogen) atoms. The predicted molar refractivity (Wildman–Crippen MR) is 106 cm³/mol. The second-order valence-corrected chi connectivity index (χ2v) is 7.27. The van der Waals surface area contributed by atoms with Crippen molar-refractivity contribution in [3.8, 4) is 0 Å². The molecule has 7 heteroatoms. The van der Waals surface area contributed by atoms with Crippen molar-refractivity contribution in [3.05, 3.63) is 54.2 Å². The molecule has 2 aliphatic heterocycles. The zero-order chi connectivity index (χ0) is 19.6. The van der Waals surface area contributed by atoms with Gasteiger partial charge in [-0.3, -0.25) is 9.59 Å². The Balaban J connectivity index is 1.41. The zero-order valence-electron chi connectivity index (χ0n) is 15.7. The number of para-hydroxylation sites is 1. The fourth-order valence-corrected chi connectivity index (χ4v) is 3.78. The Morgan fingerprint density at radius 2 is 1.82 bits per heavy atom. The van der Waals surface area contributed by atoms with E-state index in [0.29, 0.717) is 17.9 Å². The van der Waals surface area contributed by atoms with Crippen LogP contribution in [0.5, 0.6) is 0 Å². The number of aromatic nitrogens is 1. The van der Waals surface area contributed by atoms with Gasteiger partial charge in [-0.1, -0.05) is 24.3 Å². The lowest BCUT2D eigenvalue weighted by atomic mass is 10.0. The molecule has 0 aliphatic carbocycles. The van der Waals surface area contributed by atoms with Gasteiger partial charge in [0.2, 0.25) is 5.60 Å². The third-order valence-electron chi connectivity index (χ3n) is 5.39. The van der Waals surface area contributed by atoms with Gasteiger partial charge in [0.25, 0.3) is 11.8 Å². The Morgan fingerprint density at radius 1 is 1.07 bits per heavy atom. The number of carbonyl (C=O) groups is 2. The highest BCUT2D eigenvalue weighted by Gasteiger charge is 2.51. The molecule has 0 unspecified atom stereocenters. The second kappa shape index (κ2) is 7.59. The van der Waals surface area contributed by atoms with Crippen LogP contribution in [0.15, 0.2) is 48.5 Å². The molecule has 2 aromatic rings. The molecule has 4 rings (SSSR count). The molecule has 1 aromatic heterocycles. The first-order valence-electron chi connectivity index (χ1n) is 9.66. The van der Waals surface area contributed by atoms with E-state index in [1.807, 2.05) is 36.4 Å². The van der Waals surface area contributed by atoms with Crippen LogP contribution in [0.25, 0.3) is 0 Å². The Morgan fingerprint density at radius 3 is 2.57 bits per heavy atom. The number of carbonyl (C=O) groups excluding carboxylic acids is 2. The molecule has 2 N–H and O–H groups in total. The summed E-state index contributed by atoms with van der Waals surface area (Å²) in [5, 5.41) is 13.4. The van der Waals surface area contributed by atoms with E-state index in [9.17, 15) is 14.7 Å². The van der Waals surface area contributed by atoms with Gasteiger partial charge in [0.1, 0.15) is 5.82 Å². The summed E-state index contributed by atoms with van der Waals surface area (Å²) in [6, 6.07) is 14.8. The molecule has 2 saturated heterocycles. The molecule has 0 saturated carbocycles. The Labute approximate surface area is 164 Å². The quantitative estimate of drug-likeness (QED) is 0.767. The molecule has 0 radical (unpaired) electrons. The van der Waals surface area contributed by atoms with Crippen LogP contribution in [-0.4, -0.2) is 47.1 Å². The van der Waals surface area contributed by atoms with Gasteiger partial charge < -0.3 is 20.2 Å². The van der Waals surface area contributed by atoms with E-state index < -0.39 is 17.4 Å². The molecule has 2 aliphatic rings. The van der Waals surface area contributed by atoms with E-state index in [1.165, 1.54) is 4.90 Å². The second-order valence-electron chi connectivity index (χ2n) is 7.27. The Bertz CT molecular complexity index is 867. The van der Waals surface area contributed by atoms with E-state index in [4.69, 9.17) is 0 Å². The maximum absolute atomic E-state index is 12.7. The van der Waals surface area contributed by atoms with Crippen LogP contribution in [0, 0.1) is 0 Å². The molecule has 2 amide bonds. The smallest absolute Gasteiger partial charge is 0.268 e. The minimum atomic E-state index is -2.04. The van der Waals surface area contributed by atoms with E-state index >= 15 is 0 Å². The number of hydrogen-bond acceptors (Lipinski definition) is 5. The van der Waals surface area contributed by atoms with Crippen molar-refractivity contribution in [3.63, 3.8) is 0 Å². The number of hydrogen-bond donors (Lipinski definition) is 2. The first kappa shape index (κ1) is 18.4. The van der Waals surface area contributed by atoms with E-state index in [-0.39, 0.29) is 13.0 Å². The Hall–Kier alpha value is -2.93. The van der Waals surface area contributed by atoms with Gasteiger partial charge >= 0.3 is 0 Å². The first-order valence-corrected chi connectivity index (χ1v) is 9.66. The van der Waals surface area contributed by atoms with E-state index in [0.717, 1.165) is 31.7 Å². The van der Waals surface area contributed by atoms with Gasteiger partial charge in [0.15, 0.2) is 0 Å². The molecule has 146 valence electrons. The highest BCUT2D eigenvalue weighted by Crippen LogP contribution is 2.28. The van der Waals surface area contributed by atoms with Crippen LogP contribution >= 0.6 is 0 Å². The van der Waals surface area contributed by atoms with Crippen molar-refractivity contribution in [2.45, 2.75) is 31.4 Å². The fraction of sp³-hybridized carbons (Fsp3) is 0.381. The third kappa shape index (κ3) is 3.45. The molecular weight excluding hydrogens is 356 g/mol. The van der Waals surface area contributed by atoms with Crippen LogP contribution in [0.2, 0.25) is 0 Å². The van der Waals surface area contributed by atoms with Gasteiger partial charge in [-0.15, -0.1) is 0 Å². The summed E-state index contributed by atoms with van der Waals surface area (Å²) < 4.78 is 0. The van der Waals surface area contributed by atoms with Gasteiger partial charge in [-0.2, -0.15) is 0 Å². The first-order chi connectivity index (χ1) is 13.6. The summed E-state index contributed by atoms with van der Waals surface area (Å²) >= 11 is 0. The summed E-state index contributed by atoms with van der Waals surface area (Å²) in [6.45, 7) is 2.45. The van der Waals surface area contributed by atoms with Crippen LogP contribution in [0.4, 0.5) is 11.5 Å². The highest BCUT2D eigenvalue weighted by atomic mass is 16.3. The number of anilines is 2. The number of nitrogens with zero attached hydrogens (tertiary/aromatic N) is 3. The molecule has 7 nitrogen and oxygen atoms in total. The van der Waals surface area contributed by atoms with Crippen LogP contribution < -0.4 is 15.1 Å². The number of rotatable bonds is 5. The Kier molecular flexibility index (Phi) is 5.00. The maximum atomic E-state index is 12.7. The van der Waals surface area contributed by atoms with Gasteiger partial charge in [0.05, 0.1) is 12.2 Å². The van der Waals surface area contributed by atoms with Crippen LogP contribution in [0.3, 0.4) is 0 Å². The maximum Gasteiger partial charge on any atom is 0.268 e. The van der Waals surface area contributed by atoms with Crippen LogP contribution in [-0.2, 0) is 16.1 Å². The van der Waals surface area contributed by atoms with Crippen molar-refractivity contribution in [1.29, 1.82) is 0 Å². The predicted octanol–water partition coefficient (Wildman–Crippen LogP) is 1.47. The van der Waals surface area contributed by atoms with Gasteiger partial charge in [-0.25, -0.2) is 4.98 Å². The number of pyridine rings is 1. The minimum Gasteiger partial charge on any atom is -0.372 e. The average molecular weight is 380 g/mol. The van der Waals surface area contributed by atoms with Crippen molar-refractivity contribution in [2.24, 2.45) is 0 Å². The summed E-state index contributed by atoms with van der Waals surface area (Å²) in [6.07, 6.45) is 2.39. The number of benzene rings is 1. The molecule has 1 aromatic carbocycles. The molecule has 0 bridgehead atoms. The fourth-order valence-electron chi connectivity index (χ4n) is 3.78. The van der Waals surface area contributed by atoms with Crippen molar-refractivity contribution < 1.29 is 14.7 Å². The molecule has 1 atom stereocenters. The lowest BCUT2D eigenvalue weighted by molar-refractivity contribution is -0.149. The third-order valence-corrected chi connectivity index (χ3v) is 5.39. The summed E-state index contributed by atoms with van der Waals surface area (Å²) in [4.78, 5) is 33.6. The summed E-state index contributed by atoms with van der Waals surface area (Å²) in [7, 11) is 0. The average Bonchev–Trinajstić information content (AvgIpc) is 3.37. The van der Waals surface area contributed by atoms with Crippen molar-refractivity contribution >= 4 is 23.3 Å². The molecular formula is C21H24N4O3. The lowest BCUT2D eigenvalue weighted by Gasteiger charge is -2.22. The van der Waals surface area contributed by atoms with Crippen molar-refractivity contribution in [2.75, 3.05) is 29.4 Å². The van der Waals surface area contributed by atoms with Gasteiger partial charge in [0, 0.05) is 31.7 Å². The number of nitrogens with one attached hydrogen (secondary N) is 1. The summed E-state index contributed by atoms with van der Waals surface area (Å²) in [5.74, 6) is -0.366. The number of amides is 2. The highest BCUT2D eigenvalue weighted by molar-refractivity contribution is 6.16. The summed E-state index contributed by atoms with van der Waals surface area (Å²) in [5.41, 5.74) is -0.662. The topological polar surface area (TPSA) is 85.8 Å². The largest absolute Gasteiger partial charge is 0.372 e. The van der Waals surface area contributed by atoms with E-state index in [1.54, 1.807) is 12.1 Å². The number of aliphatic hydroxyl groups is 1.